The minimum atomic E-state index is -4.74. The molecule has 0 atom stereocenters. The quantitative estimate of drug-likeness (QED) is 0.318. The lowest BCUT2D eigenvalue weighted by molar-refractivity contribution is -0.139. The van der Waals surface area contributed by atoms with Gasteiger partial charge in [0.25, 0.3) is 5.91 Å². The van der Waals surface area contributed by atoms with Gasteiger partial charge in [0, 0.05) is 16.1 Å². The lowest BCUT2D eigenvalue weighted by Gasteiger charge is -2.11. The van der Waals surface area contributed by atoms with E-state index in [-0.39, 0.29) is 20.1 Å². The molecule has 138 valence electrons. The molecule has 0 unspecified atom stereocenters. The lowest BCUT2D eigenvalue weighted by Crippen LogP contribution is -2.19. The molecule has 1 fully saturated rings. The molecule has 0 aromatic heterocycles. The largest absolute Gasteiger partial charge is 0.507 e. The molecule has 1 aromatic rings. The third-order valence-electron chi connectivity index (χ3n) is 2.86. The Hall–Kier alpha value is -2.34. The molecule has 1 aromatic carbocycles. The maximum absolute atomic E-state index is 12.8. The number of carbonyl (C=O) groups is 2. The van der Waals surface area contributed by atoms with E-state index in [4.69, 9.17) is 0 Å². The van der Waals surface area contributed by atoms with E-state index in [2.05, 4.69) is 36.2 Å². The second kappa shape index (κ2) is 7.91. The van der Waals surface area contributed by atoms with Crippen LogP contribution in [0.15, 0.2) is 37.8 Å². The highest BCUT2D eigenvalue weighted by molar-refractivity contribution is 9.10. The van der Waals surface area contributed by atoms with E-state index >= 15 is 0 Å². The summed E-state index contributed by atoms with van der Waals surface area (Å²) in [6.07, 6.45) is -2.88. The van der Waals surface area contributed by atoms with Crippen molar-refractivity contribution in [3.63, 3.8) is 0 Å². The van der Waals surface area contributed by atoms with Gasteiger partial charge in [-0.3, -0.25) is 10.1 Å². The number of nitrogens with zero attached hydrogens (tertiary/aromatic N) is 2. The first-order chi connectivity index (χ1) is 12.1. The van der Waals surface area contributed by atoms with Crippen molar-refractivity contribution in [3.8, 4) is 5.75 Å². The van der Waals surface area contributed by atoms with E-state index < -0.39 is 29.4 Å². The number of benzene rings is 1. The molecule has 2 rings (SSSR count). The summed E-state index contributed by atoms with van der Waals surface area (Å²) >= 11 is 3.72. The second-order valence-electron chi connectivity index (χ2n) is 4.63. The topological polar surface area (TPSA) is 100 Å². The predicted molar refractivity (Wildman–Crippen MR) is 91.7 cm³/mol. The van der Waals surface area contributed by atoms with Gasteiger partial charge in [-0.25, -0.2) is 4.79 Å². The highest BCUT2D eigenvalue weighted by Crippen LogP contribution is 2.39. The molecule has 0 aliphatic carbocycles. The van der Waals surface area contributed by atoms with Crippen molar-refractivity contribution >= 4 is 51.0 Å². The number of alkyl halides is 3. The first kappa shape index (κ1) is 20.0. The Kier molecular flexibility index (Phi) is 6.08. The summed E-state index contributed by atoms with van der Waals surface area (Å²) in [4.78, 5) is 22.8. The summed E-state index contributed by atoms with van der Waals surface area (Å²) in [5.41, 5.74) is -1.46. The minimum Gasteiger partial charge on any atom is -0.507 e. The Labute approximate surface area is 157 Å². The van der Waals surface area contributed by atoms with Gasteiger partial charge in [-0.05, 0) is 23.9 Å². The summed E-state index contributed by atoms with van der Waals surface area (Å²) < 4.78 is 43.0. The zero-order valence-corrected chi connectivity index (χ0v) is 15.2. The number of ether oxygens (including phenoxy) is 1. The van der Waals surface area contributed by atoms with Crippen molar-refractivity contribution in [2.75, 3.05) is 7.11 Å². The predicted octanol–water partition coefficient (Wildman–Crippen LogP) is 2.78. The molecular formula is C14H9BrF3N3O4S. The Morgan fingerprint density at radius 2 is 2.12 bits per heavy atom. The number of phenolic OH excluding ortho intramolecular Hbond substituents is 1. The molecule has 0 bridgehead atoms. The van der Waals surface area contributed by atoms with Gasteiger partial charge >= 0.3 is 12.1 Å². The van der Waals surface area contributed by atoms with Crippen molar-refractivity contribution in [1.29, 1.82) is 0 Å². The number of hydrogen-bond donors (Lipinski definition) is 2. The highest BCUT2D eigenvalue weighted by Gasteiger charge is 2.35. The van der Waals surface area contributed by atoms with Gasteiger partial charge < -0.3 is 9.84 Å². The van der Waals surface area contributed by atoms with Crippen LogP contribution in [0.25, 0.3) is 0 Å². The first-order valence-corrected chi connectivity index (χ1v) is 8.22. The Morgan fingerprint density at radius 1 is 1.42 bits per heavy atom. The van der Waals surface area contributed by atoms with E-state index in [1.807, 2.05) is 0 Å². The van der Waals surface area contributed by atoms with E-state index in [1.54, 1.807) is 0 Å². The zero-order chi connectivity index (χ0) is 19.5. The average molecular weight is 452 g/mol. The number of amides is 1. The van der Waals surface area contributed by atoms with Crippen molar-refractivity contribution < 1.29 is 32.6 Å². The van der Waals surface area contributed by atoms with Crippen LogP contribution in [0.4, 0.5) is 13.2 Å². The van der Waals surface area contributed by atoms with Gasteiger partial charge in [0.1, 0.15) is 5.75 Å². The van der Waals surface area contributed by atoms with Gasteiger partial charge in [-0.1, -0.05) is 15.9 Å². The Balaban J connectivity index is 2.23. The molecule has 26 heavy (non-hydrogen) atoms. The molecule has 1 saturated heterocycles. The molecule has 2 N–H and O–H groups in total. The smallest absolute Gasteiger partial charge is 0.420 e. The second-order valence-corrected chi connectivity index (χ2v) is 6.57. The van der Waals surface area contributed by atoms with Gasteiger partial charge in [-0.15, -0.1) is 5.10 Å². The van der Waals surface area contributed by atoms with Crippen molar-refractivity contribution in [3.05, 3.63) is 38.7 Å². The van der Waals surface area contributed by atoms with Gasteiger partial charge in [0.2, 0.25) is 0 Å². The number of thioether (sulfide) groups is 1. The van der Waals surface area contributed by atoms with Gasteiger partial charge in [0.05, 0.1) is 23.8 Å². The van der Waals surface area contributed by atoms with Crippen LogP contribution < -0.4 is 5.32 Å². The lowest BCUT2D eigenvalue weighted by atomic mass is 10.1. The molecule has 0 saturated carbocycles. The summed E-state index contributed by atoms with van der Waals surface area (Å²) in [5.74, 6) is -2.33. The third kappa shape index (κ3) is 4.85. The first-order valence-electron chi connectivity index (χ1n) is 6.61. The fourth-order valence-electron chi connectivity index (χ4n) is 1.72. The molecule has 7 nitrogen and oxygen atoms in total. The fraction of sp³-hybridized carbons (Fsp3) is 0.143. The number of aromatic hydroxyl groups is 1. The molecule has 0 radical (unpaired) electrons. The minimum absolute atomic E-state index is 0.00642. The van der Waals surface area contributed by atoms with Crippen molar-refractivity contribution in [1.82, 2.24) is 5.32 Å². The van der Waals surface area contributed by atoms with Gasteiger partial charge in [0.15, 0.2) is 5.17 Å². The SMILES string of the molecule is COC(=O)/C=C1/S/C(=N\N=Cc2cc(Br)cc(C(F)(F)F)c2O)NC1=O. The van der Waals surface area contributed by atoms with Crippen molar-refractivity contribution in [2.24, 2.45) is 10.2 Å². The fourth-order valence-corrected chi connectivity index (χ4v) is 2.93. The molecule has 1 amide bonds. The van der Waals surface area contributed by atoms with Gasteiger partial charge in [-0.2, -0.15) is 18.3 Å². The number of halogens is 4. The third-order valence-corrected chi connectivity index (χ3v) is 4.21. The number of rotatable bonds is 3. The maximum Gasteiger partial charge on any atom is 0.420 e. The number of amidine groups is 1. The Bertz CT molecular complexity index is 853. The van der Waals surface area contributed by atoms with E-state index in [1.165, 1.54) is 6.07 Å². The summed E-state index contributed by atoms with van der Waals surface area (Å²) in [5, 5.41) is 19.2. The number of phenols is 1. The van der Waals surface area contributed by atoms with Crippen LogP contribution in [0.1, 0.15) is 11.1 Å². The summed E-state index contributed by atoms with van der Waals surface area (Å²) in [6, 6.07) is 1.95. The number of hydrogen-bond acceptors (Lipinski definition) is 7. The average Bonchev–Trinajstić information content (AvgIpc) is 2.88. The maximum atomic E-state index is 12.8. The number of esters is 1. The van der Waals surface area contributed by atoms with E-state index in [9.17, 15) is 27.9 Å². The molecule has 1 aliphatic rings. The van der Waals surface area contributed by atoms with Crippen LogP contribution in [0.5, 0.6) is 5.75 Å². The monoisotopic (exact) mass is 451 g/mol. The van der Waals surface area contributed by atoms with Crippen LogP contribution in [-0.2, 0) is 20.5 Å². The van der Waals surface area contributed by atoms with Crippen LogP contribution in [0, 0.1) is 0 Å². The highest BCUT2D eigenvalue weighted by atomic mass is 79.9. The normalized spacial score (nSPS) is 18.0. The summed E-state index contributed by atoms with van der Waals surface area (Å²) in [7, 11) is 1.15. The van der Waals surface area contributed by atoms with Crippen LogP contribution in [-0.4, -0.2) is 35.5 Å². The molecular weight excluding hydrogens is 443 g/mol. The number of nitrogens with one attached hydrogen (secondary N) is 1. The summed E-state index contributed by atoms with van der Waals surface area (Å²) in [6.45, 7) is 0. The standard InChI is InChI=1S/C14H9BrF3N3O4S/c1-25-10(22)4-9-12(24)20-13(26-9)21-19-5-6-2-7(15)3-8(11(6)23)14(16,17)18/h2-5,23H,1H3,(H,20,21,24)/b9-4+,19-5?. The number of carbonyl (C=O) groups excluding carboxylic acids is 2. The van der Waals surface area contributed by atoms with Crippen molar-refractivity contribution in [2.45, 2.75) is 6.18 Å². The zero-order valence-electron chi connectivity index (χ0n) is 12.8. The Morgan fingerprint density at radius 3 is 2.73 bits per heavy atom. The number of methoxy groups -OCH3 is 1. The molecule has 0 spiro atoms. The van der Waals surface area contributed by atoms with Crippen LogP contribution >= 0.6 is 27.7 Å². The molecule has 1 aliphatic heterocycles. The van der Waals surface area contributed by atoms with Crippen LogP contribution in [0.2, 0.25) is 0 Å². The molecule has 12 heteroatoms. The van der Waals surface area contributed by atoms with E-state index in [0.29, 0.717) is 0 Å². The van der Waals surface area contributed by atoms with Crippen LogP contribution in [0.3, 0.4) is 0 Å². The molecule has 1 heterocycles. The van der Waals surface area contributed by atoms with E-state index in [0.717, 1.165) is 37.2 Å².